The van der Waals surface area contributed by atoms with Crippen LogP contribution >= 0.6 is 0 Å². The normalized spacial score (nSPS) is 23.9. The Morgan fingerprint density at radius 2 is 1.89 bits per heavy atom. The first-order valence-corrected chi connectivity index (χ1v) is 12.8. The molecule has 1 aliphatic carbocycles. The lowest BCUT2D eigenvalue weighted by atomic mass is 9.77. The standard InChI is InChI=1S/C26H30FN5O6/c1-38-25(37)31-12-2-3-18(31)21(34)30-26-10-8-16(9-11-26)14-32-23(36)20(33)19(29-24(26)32)22(35)28-13-15-4-6-17(27)7-5-15/h4-7,16,18,33H,2-3,8-14H2,1H3,(H,28,35)(H,30,34). The quantitative estimate of drug-likeness (QED) is 0.538. The summed E-state index contributed by atoms with van der Waals surface area (Å²) in [4.78, 5) is 57.8. The zero-order valence-electron chi connectivity index (χ0n) is 21.0. The molecule has 11 nitrogen and oxygen atoms in total. The number of amides is 3. The molecule has 6 rings (SSSR count). The highest BCUT2D eigenvalue weighted by Gasteiger charge is 2.48. The van der Waals surface area contributed by atoms with E-state index in [4.69, 9.17) is 4.74 Å². The van der Waals surface area contributed by atoms with E-state index in [0.717, 1.165) is 12.8 Å². The predicted octanol–water partition coefficient (Wildman–Crippen LogP) is 1.76. The molecule has 1 saturated carbocycles. The molecule has 4 aliphatic rings. The van der Waals surface area contributed by atoms with E-state index in [1.807, 2.05) is 0 Å². The number of likely N-dealkylation sites (tertiary alicyclic amines) is 1. The topological polar surface area (TPSA) is 143 Å². The van der Waals surface area contributed by atoms with Crippen LogP contribution in [0.4, 0.5) is 9.18 Å². The van der Waals surface area contributed by atoms with E-state index in [0.29, 0.717) is 44.3 Å². The van der Waals surface area contributed by atoms with Crippen LogP contribution < -0.4 is 16.2 Å². The molecule has 1 aromatic carbocycles. The Morgan fingerprint density at radius 1 is 1.18 bits per heavy atom. The molecule has 0 spiro atoms. The second kappa shape index (κ2) is 10.1. The Morgan fingerprint density at radius 3 is 2.58 bits per heavy atom. The van der Waals surface area contributed by atoms with Crippen molar-refractivity contribution >= 4 is 17.9 Å². The number of carbonyl (C=O) groups excluding carboxylic acids is 3. The van der Waals surface area contributed by atoms with Crippen LogP contribution in [-0.4, -0.2) is 57.2 Å². The highest BCUT2D eigenvalue weighted by Crippen LogP contribution is 2.43. The number of aromatic hydroxyl groups is 1. The number of benzene rings is 1. The molecule has 3 aliphatic heterocycles. The minimum atomic E-state index is -1.03. The summed E-state index contributed by atoms with van der Waals surface area (Å²) >= 11 is 0. The first-order valence-electron chi connectivity index (χ1n) is 12.8. The molecule has 3 N–H and O–H groups in total. The van der Waals surface area contributed by atoms with Crippen molar-refractivity contribution in [1.29, 1.82) is 0 Å². The second-order valence-electron chi connectivity index (χ2n) is 10.2. The Bertz CT molecular complexity index is 1320. The van der Waals surface area contributed by atoms with Crippen molar-refractivity contribution in [2.75, 3.05) is 13.7 Å². The van der Waals surface area contributed by atoms with E-state index in [1.54, 1.807) is 0 Å². The van der Waals surface area contributed by atoms with Gasteiger partial charge in [-0.3, -0.25) is 23.9 Å². The van der Waals surface area contributed by atoms with Gasteiger partial charge < -0.3 is 20.5 Å². The van der Waals surface area contributed by atoms with Gasteiger partial charge in [0.25, 0.3) is 11.5 Å². The average molecular weight is 528 g/mol. The lowest BCUT2D eigenvalue weighted by Gasteiger charge is -2.38. The average Bonchev–Trinajstić information content (AvgIpc) is 3.31. The van der Waals surface area contributed by atoms with Gasteiger partial charge in [-0.1, -0.05) is 12.1 Å². The van der Waals surface area contributed by atoms with E-state index in [2.05, 4.69) is 15.6 Å². The van der Waals surface area contributed by atoms with Crippen molar-refractivity contribution in [2.24, 2.45) is 5.92 Å². The highest BCUT2D eigenvalue weighted by atomic mass is 19.1. The highest BCUT2D eigenvalue weighted by molar-refractivity contribution is 5.94. The molecule has 38 heavy (non-hydrogen) atoms. The van der Waals surface area contributed by atoms with Gasteiger partial charge in [-0.05, 0) is 62.1 Å². The monoisotopic (exact) mass is 527 g/mol. The molecule has 1 aromatic heterocycles. The number of ether oxygens (including phenoxy) is 1. The molecule has 1 atom stereocenters. The number of rotatable bonds is 5. The largest absolute Gasteiger partial charge is 0.501 e. The minimum absolute atomic E-state index is 0.0354. The van der Waals surface area contributed by atoms with Gasteiger partial charge in [0.2, 0.25) is 11.7 Å². The summed E-state index contributed by atoms with van der Waals surface area (Å²) in [5.41, 5.74) is -1.58. The fraction of sp³-hybridized carbons (Fsp3) is 0.500. The minimum Gasteiger partial charge on any atom is -0.501 e. The first-order chi connectivity index (χ1) is 18.2. The third-order valence-corrected chi connectivity index (χ3v) is 7.88. The summed E-state index contributed by atoms with van der Waals surface area (Å²) in [7, 11) is 1.27. The molecule has 12 heteroatoms. The van der Waals surface area contributed by atoms with Crippen LogP contribution in [0.2, 0.25) is 0 Å². The molecule has 2 aromatic rings. The van der Waals surface area contributed by atoms with Gasteiger partial charge in [0.1, 0.15) is 17.7 Å². The number of hydrogen-bond acceptors (Lipinski definition) is 7. The SMILES string of the molecule is COC(=O)N1CCCC1C(=O)NC12CCC(CC1)Cn1c2nc(C(=O)NCc2ccc(F)cc2)c(O)c1=O. The summed E-state index contributed by atoms with van der Waals surface area (Å²) < 4.78 is 19.4. The summed E-state index contributed by atoms with van der Waals surface area (Å²) in [6.45, 7) is 0.759. The zero-order valence-corrected chi connectivity index (χ0v) is 21.0. The fourth-order valence-electron chi connectivity index (χ4n) is 5.82. The number of nitrogens with zero attached hydrogens (tertiary/aromatic N) is 3. The van der Waals surface area contributed by atoms with E-state index in [1.165, 1.54) is 40.8 Å². The van der Waals surface area contributed by atoms with Crippen LogP contribution in [0.1, 0.15) is 60.4 Å². The molecule has 1 unspecified atom stereocenters. The molecular formula is C26H30FN5O6. The van der Waals surface area contributed by atoms with Crippen molar-refractivity contribution in [1.82, 2.24) is 25.1 Å². The van der Waals surface area contributed by atoms with Crippen LogP contribution in [0.3, 0.4) is 0 Å². The van der Waals surface area contributed by atoms with Gasteiger partial charge in [-0.2, -0.15) is 0 Å². The van der Waals surface area contributed by atoms with Gasteiger partial charge in [0, 0.05) is 19.6 Å². The molecule has 4 heterocycles. The zero-order chi connectivity index (χ0) is 27.0. The Balaban J connectivity index is 1.46. The van der Waals surface area contributed by atoms with Gasteiger partial charge in [0.15, 0.2) is 5.69 Å². The van der Waals surface area contributed by atoms with E-state index in [9.17, 15) is 28.7 Å². The Hall–Kier alpha value is -3.96. The Kier molecular flexibility index (Phi) is 6.80. The Labute approximate surface area is 218 Å². The number of halogens is 1. The molecule has 202 valence electrons. The summed E-state index contributed by atoms with van der Waals surface area (Å²) in [5, 5.41) is 16.3. The fourth-order valence-corrected chi connectivity index (χ4v) is 5.82. The first kappa shape index (κ1) is 25.7. The molecule has 1 saturated heterocycles. The van der Waals surface area contributed by atoms with Crippen molar-refractivity contribution < 1.29 is 28.6 Å². The van der Waals surface area contributed by atoms with Crippen LogP contribution in [-0.2, 0) is 28.2 Å². The van der Waals surface area contributed by atoms with Gasteiger partial charge in [-0.15, -0.1) is 0 Å². The van der Waals surface area contributed by atoms with E-state index < -0.39 is 46.4 Å². The van der Waals surface area contributed by atoms with Crippen LogP contribution in [0.15, 0.2) is 29.1 Å². The third-order valence-electron chi connectivity index (χ3n) is 7.88. The molecule has 0 radical (unpaired) electrons. The number of fused-ring (bicyclic) bond motifs is 2. The third kappa shape index (κ3) is 4.59. The van der Waals surface area contributed by atoms with Crippen LogP contribution in [0.5, 0.6) is 5.75 Å². The maximum atomic E-state index is 13.5. The number of hydrogen-bond donors (Lipinski definition) is 3. The summed E-state index contributed by atoms with van der Waals surface area (Å²) in [5.74, 6) is -1.92. The molecule has 3 amide bonds. The van der Waals surface area contributed by atoms with Crippen molar-refractivity contribution in [3.8, 4) is 5.75 Å². The molecule has 2 bridgehead atoms. The molecule has 2 fully saturated rings. The van der Waals surface area contributed by atoms with Crippen molar-refractivity contribution in [3.05, 3.63) is 57.5 Å². The van der Waals surface area contributed by atoms with Gasteiger partial charge in [-0.25, -0.2) is 14.2 Å². The predicted molar refractivity (Wildman–Crippen MR) is 132 cm³/mol. The smallest absolute Gasteiger partial charge is 0.410 e. The molecular weight excluding hydrogens is 497 g/mol. The second-order valence-corrected chi connectivity index (χ2v) is 10.2. The van der Waals surface area contributed by atoms with Gasteiger partial charge in [0.05, 0.1) is 12.6 Å². The van der Waals surface area contributed by atoms with Crippen LogP contribution in [0.25, 0.3) is 0 Å². The lowest BCUT2D eigenvalue weighted by Crippen LogP contribution is -2.55. The summed E-state index contributed by atoms with van der Waals surface area (Å²) in [6, 6.07) is 4.84. The van der Waals surface area contributed by atoms with E-state index in [-0.39, 0.29) is 24.2 Å². The number of methoxy groups -OCH3 is 1. The number of carbonyl (C=O) groups is 3. The lowest BCUT2D eigenvalue weighted by molar-refractivity contribution is -0.127. The number of aromatic nitrogens is 2. The van der Waals surface area contributed by atoms with Gasteiger partial charge >= 0.3 is 6.09 Å². The van der Waals surface area contributed by atoms with E-state index >= 15 is 0 Å². The maximum absolute atomic E-state index is 13.5. The van der Waals surface area contributed by atoms with Crippen molar-refractivity contribution in [2.45, 2.75) is 63.2 Å². The summed E-state index contributed by atoms with van der Waals surface area (Å²) in [6.07, 6.45) is 3.01. The maximum Gasteiger partial charge on any atom is 0.410 e. The van der Waals surface area contributed by atoms with Crippen LogP contribution in [0, 0.1) is 11.7 Å². The van der Waals surface area contributed by atoms with Crippen molar-refractivity contribution in [3.63, 3.8) is 0 Å². The number of nitrogens with one attached hydrogen (secondary N) is 2.